The molecular formula is C33H72N9+. The molecule has 9 nitrogen and oxygen atoms in total. The van der Waals surface area contributed by atoms with E-state index in [0.717, 1.165) is 39.3 Å². The molecule has 42 heavy (non-hydrogen) atoms. The van der Waals surface area contributed by atoms with Gasteiger partial charge < -0.3 is 46.2 Å². The van der Waals surface area contributed by atoms with E-state index in [1.54, 1.807) is 0 Å². The Kier molecular flexibility index (Phi) is 21.4. The van der Waals surface area contributed by atoms with E-state index in [9.17, 15) is 0 Å². The highest BCUT2D eigenvalue weighted by Gasteiger charge is 2.27. The van der Waals surface area contributed by atoms with E-state index in [1.807, 2.05) is 0 Å². The third-order valence-corrected chi connectivity index (χ3v) is 9.62. The van der Waals surface area contributed by atoms with Crippen LogP contribution in [-0.4, -0.2) is 158 Å². The third-order valence-electron chi connectivity index (χ3n) is 9.62. The fourth-order valence-electron chi connectivity index (χ4n) is 7.16. The van der Waals surface area contributed by atoms with Crippen molar-refractivity contribution in [3.05, 3.63) is 0 Å². The number of hydrogen-bond acceptors (Lipinski definition) is 8. The van der Waals surface area contributed by atoms with Crippen molar-refractivity contribution in [3.8, 4) is 0 Å². The number of hydrogen-bond donors (Lipinski definition) is 6. The second-order valence-electron chi connectivity index (χ2n) is 13.3. The van der Waals surface area contributed by atoms with Crippen LogP contribution >= 0.6 is 0 Å². The normalized spacial score (nSPS) is 25.4. The molecule has 0 aromatic carbocycles. The summed E-state index contributed by atoms with van der Waals surface area (Å²) in [4.78, 5) is 5.56. The minimum absolute atomic E-state index is 1.15. The lowest BCUT2D eigenvalue weighted by Crippen LogP contribution is -2.53. The fourth-order valence-corrected chi connectivity index (χ4v) is 7.16. The van der Waals surface area contributed by atoms with Gasteiger partial charge >= 0.3 is 0 Å². The van der Waals surface area contributed by atoms with E-state index in [-0.39, 0.29) is 0 Å². The molecule has 3 saturated heterocycles. The van der Waals surface area contributed by atoms with Crippen molar-refractivity contribution in [2.75, 3.05) is 144 Å². The first-order chi connectivity index (χ1) is 20.9. The third kappa shape index (κ3) is 17.8. The lowest BCUT2D eigenvalue weighted by Gasteiger charge is -2.40. The summed E-state index contributed by atoms with van der Waals surface area (Å²) < 4.78 is 1.33. The van der Waals surface area contributed by atoms with Gasteiger partial charge in [0.1, 0.15) is 0 Å². The van der Waals surface area contributed by atoms with Crippen molar-refractivity contribution < 1.29 is 4.48 Å². The van der Waals surface area contributed by atoms with Crippen LogP contribution in [0, 0.1) is 0 Å². The molecule has 0 radical (unpaired) electrons. The molecule has 3 heterocycles. The maximum absolute atomic E-state index is 3.73. The van der Waals surface area contributed by atoms with Gasteiger partial charge in [-0.05, 0) is 137 Å². The Hall–Kier alpha value is -0.360. The van der Waals surface area contributed by atoms with Crippen molar-refractivity contribution in [1.29, 1.82) is 0 Å². The van der Waals surface area contributed by atoms with Gasteiger partial charge in [-0.15, -0.1) is 0 Å². The van der Waals surface area contributed by atoms with Gasteiger partial charge in [-0.25, -0.2) is 0 Å². The Balaban J connectivity index is 1.54. The topological polar surface area (TPSA) is 78.7 Å². The summed E-state index contributed by atoms with van der Waals surface area (Å²) in [5, 5.41) is 22.1. The van der Waals surface area contributed by atoms with E-state index in [1.165, 1.54) is 180 Å². The molecule has 0 aliphatic carbocycles. The maximum Gasteiger partial charge on any atom is 0.0799 e. The Labute approximate surface area is 260 Å². The molecule has 0 atom stereocenters. The Morgan fingerprint density at radius 3 is 0.976 bits per heavy atom. The van der Waals surface area contributed by atoms with Crippen LogP contribution in [0.2, 0.25) is 0 Å². The molecule has 3 fully saturated rings. The zero-order chi connectivity index (χ0) is 29.2. The second kappa shape index (κ2) is 24.9. The van der Waals surface area contributed by atoms with E-state index in [0.29, 0.717) is 0 Å². The Bertz CT molecular complexity index is 534. The lowest BCUT2D eigenvalue weighted by atomic mass is 10.1. The molecule has 0 unspecified atom stereocenters. The fraction of sp³-hybridized carbons (Fsp3) is 1.00. The predicted molar refractivity (Wildman–Crippen MR) is 181 cm³/mol. The van der Waals surface area contributed by atoms with Gasteiger partial charge in [0.05, 0.1) is 26.2 Å². The summed E-state index contributed by atoms with van der Waals surface area (Å²) in [6.07, 6.45) is 14.2. The number of nitrogens with one attached hydrogen (secondary N) is 6. The molecule has 3 aliphatic heterocycles. The van der Waals surface area contributed by atoms with Crippen molar-refractivity contribution >= 4 is 0 Å². The molecule has 6 N–H and O–H groups in total. The van der Waals surface area contributed by atoms with E-state index in [2.05, 4.69) is 41.7 Å². The minimum atomic E-state index is 1.15. The van der Waals surface area contributed by atoms with E-state index < -0.39 is 0 Å². The molecule has 248 valence electrons. The number of quaternary nitrogens is 1. The van der Waals surface area contributed by atoms with Crippen LogP contribution in [0.4, 0.5) is 0 Å². The van der Waals surface area contributed by atoms with Gasteiger partial charge in [0.25, 0.3) is 0 Å². The van der Waals surface area contributed by atoms with Crippen molar-refractivity contribution in [1.82, 2.24) is 41.7 Å². The predicted octanol–water partition coefficient (Wildman–Crippen LogP) is 1.28. The zero-order valence-electron chi connectivity index (χ0n) is 27.7. The highest BCUT2D eigenvalue weighted by molar-refractivity contribution is 4.67. The monoisotopic (exact) mass is 595 g/mol. The SMILES string of the molecule is C1CNCCCN(CCC[N+]2(CCCN3CCCNCCCNCCC3)CCCNCCCNCCC2)CCCNC1. The molecule has 0 aromatic rings. The molecule has 0 saturated carbocycles. The molecule has 0 aromatic heterocycles. The second-order valence-corrected chi connectivity index (χ2v) is 13.3. The molecule has 3 rings (SSSR count). The highest BCUT2D eigenvalue weighted by Crippen LogP contribution is 2.15. The van der Waals surface area contributed by atoms with Gasteiger partial charge in [0, 0.05) is 51.9 Å². The molecule has 3 aliphatic rings. The summed E-state index contributed by atoms with van der Waals surface area (Å²) in [6, 6.07) is 0. The average molecular weight is 595 g/mol. The van der Waals surface area contributed by atoms with Gasteiger partial charge in [-0.1, -0.05) is 0 Å². The molecular weight excluding hydrogens is 522 g/mol. The average Bonchev–Trinajstić information content (AvgIpc) is 2.97. The molecule has 0 spiro atoms. The first-order valence-corrected chi connectivity index (χ1v) is 18.4. The zero-order valence-corrected chi connectivity index (χ0v) is 27.7. The first kappa shape index (κ1) is 36.1. The highest BCUT2D eigenvalue weighted by atomic mass is 15.4. The van der Waals surface area contributed by atoms with Crippen LogP contribution in [0.15, 0.2) is 0 Å². The summed E-state index contributed by atoms with van der Waals surface area (Å²) in [6.45, 7) is 26.9. The summed E-state index contributed by atoms with van der Waals surface area (Å²) in [5.74, 6) is 0. The van der Waals surface area contributed by atoms with Crippen molar-refractivity contribution in [3.63, 3.8) is 0 Å². The van der Waals surface area contributed by atoms with Crippen LogP contribution in [0.1, 0.15) is 70.6 Å². The van der Waals surface area contributed by atoms with Gasteiger partial charge in [0.15, 0.2) is 0 Å². The Morgan fingerprint density at radius 2 is 0.643 bits per heavy atom. The number of rotatable bonds is 8. The van der Waals surface area contributed by atoms with Gasteiger partial charge in [0.2, 0.25) is 0 Å². The number of nitrogens with zero attached hydrogens (tertiary/aromatic N) is 3. The summed E-state index contributed by atoms with van der Waals surface area (Å²) >= 11 is 0. The lowest BCUT2D eigenvalue weighted by molar-refractivity contribution is -0.928. The van der Waals surface area contributed by atoms with E-state index >= 15 is 0 Å². The Morgan fingerprint density at radius 1 is 0.357 bits per heavy atom. The maximum atomic E-state index is 3.73. The molecule has 9 heteroatoms. The minimum Gasteiger partial charge on any atom is -0.323 e. The van der Waals surface area contributed by atoms with Crippen LogP contribution < -0.4 is 31.9 Å². The standard InChI is InChI=1S/C33H72N9/c1-12-34-18-4-24-40(25-5-19-35-13-1)28-10-32-42(30-8-22-38-16-3-17-39-23-9-31-42)33-11-29-41-26-6-20-36-14-2-15-37-21-7-27-41/h34-39H,1-33H2/q+1. The van der Waals surface area contributed by atoms with Crippen molar-refractivity contribution in [2.45, 2.75) is 70.6 Å². The van der Waals surface area contributed by atoms with Crippen LogP contribution in [0.5, 0.6) is 0 Å². The van der Waals surface area contributed by atoms with Crippen molar-refractivity contribution in [2.24, 2.45) is 0 Å². The molecule has 0 bridgehead atoms. The smallest absolute Gasteiger partial charge is 0.0799 e. The van der Waals surface area contributed by atoms with E-state index in [4.69, 9.17) is 0 Å². The quantitative estimate of drug-likeness (QED) is 0.235. The summed E-state index contributed by atoms with van der Waals surface area (Å²) in [7, 11) is 0. The molecule has 0 amide bonds. The van der Waals surface area contributed by atoms with Crippen LogP contribution in [-0.2, 0) is 0 Å². The largest absolute Gasteiger partial charge is 0.323 e. The summed E-state index contributed by atoms with van der Waals surface area (Å²) in [5.41, 5.74) is 0. The van der Waals surface area contributed by atoms with Crippen LogP contribution in [0.3, 0.4) is 0 Å². The van der Waals surface area contributed by atoms with Crippen LogP contribution in [0.25, 0.3) is 0 Å². The van der Waals surface area contributed by atoms with Gasteiger partial charge in [-0.2, -0.15) is 0 Å². The van der Waals surface area contributed by atoms with Gasteiger partial charge in [-0.3, -0.25) is 0 Å². The first-order valence-electron chi connectivity index (χ1n) is 18.4.